The fourth-order valence-corrected chi connectivity index (χ4v) is 3.60. The van der Waals surface area contributed by atoms with E-state index in [1.54, 1.807) is 21.7 Å². The molecule has 0 saturated carbocycles. The number of hydrogen-bond acceptors (Lipinski definition) is 7. The zero-order valence-corrected chi connectivity index (χ0v) is 16.8. The average Bonchev–Trinajstić information content (AvgIpc) is 3.15. The lowest BCUT2D eigenvalue weighted by atomic mass is 10.0. The molecule has 9 nitrogen and oxygen atoms in total. The van der Waals surface area contributed by atoms with Gasteiger partial charge in [0, 0.05) is 24.8 Å². The smallest absolute Gasteiger partial charge is 0.252 e. The number of halogens is 2. The summed E-state index contributed by atoms with van der Waals surface area (Å²) in [5.41, 5.74) is 7.53. The minimum atomic E-state index is -1.10. The molecule has 2 aromatic heterocycles. The number of nitrogens with one attached hydrogen (secondary N) is 1. The van der Waals surface area contributed by atoms with Crippen LogP contribution >= 0.6 is 11.6 Å². The second kappa shape index (κ2) is 8.31. The van der Waals surface area contributed by atoms with E-state index in [2.05, 4.69) is 15.4 Å². The van der Waals surface area contributed by atoms with Crippen LogP contribution in [0.2, 0.25) is 5.02 Å². The SMILES string of the molecule is N#Cc1ccc(NC(O)N2CCn3nc(-c4ccc(F)c(Cl)c4)c(C(N)=O)c3C2)nc1. The molecule has 31 heavy (non-hydrogen) atoms. The van der Waals surface area contributed by atoms with Gasteiger partial charge in [0.05, 0.1) is 28.4 Å². The van der Waals surface area contributed by atoms with E-state index in [-0.39, 0.29) is 17.1 Å². The number of amides is 1. The number of primary amides is 1. The predicted octanol–water partition coefficient (Wildman–Crippen LogP) is 1.91. The van der Waals surface area contributed by atoms with E-state index in [4.69, 9.17) is 22.6 Å². The zero-order chi connectivity index (χ0) is 22.1. The number of benzene rings is 1. The monoisotopic (exact) mass is 441 g/mol. The summed E-state index contributed by atoms with van der Waals surface area (Å²) < 4.78 is 15.2. The van der Waals surface area contributed by atoms with Crippen LogP contribution in [0.1, 0.15) is 21.6 Å². The van der Waals surface area contributed by atoms with E-state index in [9.17, 15) is 14.3 Å². The van der Waals surface area contributed by atoms with Gasteiger partial charge in [-0.15, -0.1) is 0 Å². The summed E-state index contributed by atoms with van der Waals surface area (Å²) in [7, 11) is 0. The number of carbonyl (C=O) groups is 1. The van der Waals surface area contributed by atoms with Crippen molar-refractivity contribution in [2.45, 2.75) is 19.4 Å². The summed E-state index contributed by atoms with van der Waals surface area (Å²) >= 11 is 5.88. The van der Waals surface area contributed by atoms with Crippen LogP contribution in [0.25, 0.3) is 11.3 Å². The van der Waals surface area contributed by atoms with Crippen LogP contribution in [0, 0.1) is 17.1 Å². The Balaban J connectivity index is 1.60. The lowest BCUT2D eigenvalue weighted by Gasteiger charge is -2.32. The molecule has 3 heterocycles. The Labute approximate surface area is 181 Å². The second-order valence-corrected chi connectivity index (χ2v) is 7.33. The van der Waals surface area contributed by atoms with Crippen molar-refractivity contribution < 1.29 is 14.3 Å². The topological polar surface area (TPSA) is 133 Å². The molecule has 4 N–H and O–H groups in total. The number of nitriles is 1. The summed E-state index contributed by atoms with van der Waals surface area (Å²) in [6.07, 6.45) is 0.291. The van der Waals surface area contributed by atoms with Gasteiger partial charge < -0.3 is 16.2 Å². The largest absolute Gasteiger partial charge is 0.365 e. The Morgan fingerprint density at radius 1 is 1.35 bits per heavy atom. The maximum absolute atomic E-state index is 13.6. The van der Waals surface area contributed by atoms with Gasteiger partial charge in [0.25, 0.3) is 5.91 Å². The number of aliphatic hydroxyl groups excluding tert-OH is 1. The number of rotatable bonds is 5. The first-order valence-corrected chi connectivity index (χ1v) is 9.65. The number of anilines is 1. The molecular weight excluding hydrogens is 425 g/mol. The van der Waals surface area contributed by atoms with E-state index in [0.29, 0.717) is 41.4 Å². The van der Waals surface area contributed by atoms with Gasteiger partial charge in [-0.3, -0.25) is 14.4 Å². The predicted molar refractivity (Wildman–Crippen MR) is 110 cm³/mol. The molecule has 0 saturated heterocycles. The van der Waals surface area contributed by atoms with Crippen LogP contribution in [-0.2, 0) is 13.1 Å². The summed E-state index contributed by atoms with van der Waals surface area (Å²) in [6.45, 7) is 1.01. The van der Waals surface area contributed by atoms with Gasteiger partial charge in [-0.1, -0.05) is 11.6 Å². The lowest BCUT2D eigenvalue weighted by Crippen LogP contribution is -2.45. The number of pyridine rings is 1. The minimum absolute atomic E-state index is 0.0879. The van der Waals surface area contributed by atoms with Crippen LogP contribution < -0.4 is 11.1 Å². The molecule has 1 aromatic carbocycles. The number of fused-ring (bicyclic) bond motifs is 1. The molecule has 1 aliphatic rings. The quantitative estimate of drug-likeness (QED) is 0.515. The lowest BCUT2D eigenvalue weighted by molar-refractivity contribution is 0.00583. The summed E-state index contributed by atoms with van der Waals surface area (Å²) in [4.78, 5) is 18.0. The third kappa shape index (κ3) is 4.06. The van der Waals surface area contributed by atoms with Crippen molar-refractivity contribution >= 4 is 23.3 Å². The van der Waals surface area contributed by atoms with E-state index >= 15 is 0 Å². The Morgan fingerprint density at radius 3 is 2.81 bits per heavy atom. The number of aromatic nitrogens is 3. The van der Waals surface area contributed by atoms with Gasteiger partial charge in [0.1, 0.15) is 23.4 Å². The second-order valence-electron chi connectivity index (χ2n) is 6.92. The van der Waals surface area contributed by atoms with Crippen LogP contribution in [0.4, 0.5) is 10.2 Å². The standard InChI is InChI=1S/C20H17ClFN7O2/c21-13-7-12(2-3-14(13)22)18-17(19(24)30)15-10-28(5-6-29(15)27-18)20(31)26-16-4-1-11(8-23)9-25-16/h1-4,7,9,20,31H,5-6,10H2,(H2,24,30)(H,25,26). The molecule has 1 amide bonds. The molecule has 0 spiro atoms. The molecule has 1 atom stereocenters. The molecule has 0 bridgehead atoms. The number of aliphatic hydroxyl groups is 1. The highest BCUT2D eigenvalue weighted by Gasteiger charge is 2.30. The van der Waals surface area contributed by atoms with Gasteiger partial charge >= 0.3 is 0 Å². The van der Waals surface area contributed by atoms with Crippen LogP contribution in [-0.4, -0.2) is 43.6 Å². The molecule has 11 heteroatoms. The average molecular weight is 442 g/mol. The fraction of sp³-hybridized carbons (Fsp3) is 0.200. The third-order valence-corrected chi connectivity index (χ3v) is 5.25. The summed E-state index contributed by atoms with van der Waals surface area (Å²) in [5.74, 6) is -0.871. The van der Waals surface area contributed by atoms with Crippen molar-refractivity contribution in [2.75, 3.05) is 11.9 Å². The molecule has 0 fully saturated rings. The van der Waals surface area contributed by atoms with Crippen LogP contribution in [0.5, 0.6) is 0 Å². The first-order valence-electron chi connectivity index (χ1n) is 9.27. The molecule has 3 aromatic rings. The Hall–Kier alpha value is -3.52. The first-order chi connectivity index (χ1) is 14.9. The number of nitrogens with two attached hydrogens (primary N) is 1. The van der Waals surface area contributed by atoms with E-state index in [1.807, 2.05) is 6.07 Å². The van der Waals surface area contributed by atoms with Crippen molar-refractivity contribution in [1.82, 2.24) is 19.7 Å². The fourth-order valence-electron chi connectivity index (χ4n) is 3.42. The maximum atomic E-state index is 13.6. The molecule has 1 unspecified atom stereocenters. The highest BCUT2D eigenvalue weighted by Crippen LogP contribution is 2.31. The van der Waals surface area contributed by atoms with Crippen molar-refractivity contribution in [3.05, 3.63) is 64.2 Å². The van der Waals surface area contributed by atoms with Gasteiger partial charge in [-0.05, 0) is 30.3 Å². The van der Waals surface area contributed by atoms with Crippen molar-refractivity contribution in [3.8, 4) is 17.3 Å². The van der Waals surface area contributed by atoms with Crippen molar-refractivity contribution in [2.24, 2.45) is 5.73 Å². The van der Waals surface area contributed by atoms with E-state index in [1.165, 1.54) is 24.4 Å². The minimum Gasteiger partial charge on any atom is -0.365 e. The number of nitrogens with zero attached hydrogens (tertiary/aromatic N) is 5. The zero-order valence-electron chi connectivity index (χ0n) is 16.1. The Bertz CT molecular complexity index is 1190. The normalized spacial score (nSPS) is 14.5. The van der Waals surface area contributed by atoms with Crippen LogP contribution in [0.3, 0.4) is 0 Å². The van der Waals surface area contributed by atoms with Crippen molar-refractivity contribution in [3.63, 3.8) is 0 Å². The molecule has 1 aliphatic heterocycles. The molecule has 0 aliphatic carbocycles. The summed E-state index contributed by atoms with van der Waals surface area (Å²) in [5, 5.41) is 26.7. The Kier molecular flexibility index (Phi) is 5.56. The number of hydrogen-bond donors (Lipinski definition) is 3. The van der Waals surface area contributed by atoms with Gasteiger partial charge in [-0.25, -0.2) is 9.37 Å². The molecule has 158 valence electrons. The van der Waals surface area contributed by atoms with Crippen LogP contribution in [0.15, 0.2) is 36.5 Å². The third-order valence-electron chi connectivity index (χ3n) is 4.96. The molecule has 0 radical (unpaired) electrons. The number of carbonyl (C=O) groups excluding carboxylic acids is 1. The Morgan fingerprint density at radius 2 is 2.16 bits per heavy atom. The highest BCUT2D eigenvalue weighted by molar-refractivity contribution is 6.31. The first kappa shape index (κ1) is 20.7. The summed E-state index contributed by atoms with van der Waals surface area (Å²) in [6, 6.07) is 9.21. The molecular formula is C20H17ClFN7O2. The molecule has 4 rings (SSSR count). The van der Waals surface area contributed by atoms with Gasteiger partial charge in [-0.2, -0.15) is 10.4 Å². The van der Waals surface area contributed by atoms with E-state index < -0.39 is 18.1 Å². The highest BCUT2D eigenvalue weighted by atomic mass is 35.5. The maximum Gasteiger partial charge on any atom is 0.252 e. The van der Waals surface area contributed by atoms with E-state index in [0.717, 1.165) is 0 Å². The van der Waals surface area contributed by atoms with Crippen molar-refractivity contribution in [1.29, 1.82) is 5.26 Å². The van der Waals surface area contributed by atoms with Gasteiger partial charge in [0.2, 0.25) is 0 Å². The van der Waals surface area contributed by atoms with Gasteiger partial charge in [0.15, 0.2) is 6.35 Å².